The van der Waals surface area contributed by atoms with Crippen LogP contribution in [0.3, 0.4) is 0 Å². The molecule has 0 unspecified atom stereocenters. The first kappa shape index (κ1) is 16.0. The van der Waals surface area contributed by atoms with Crippen LogP contribution in [-0.2, 0) is 11.2 Å². The van der Waals surface area contributed by atoms with Gasteiger partial charge in [-0.1, -0.05) is 66.2 Å². The molecule has 0 spiro atoms. The Morgan fingerprint density at radius 3 is 2.50 bits per heavy atom. The van der Waals surface area contributed by atoms with Crippen molar-refractivity contribution < 1.29 is 9.90 Å². The van der Waals surface area contributed by atoms with Gasteiger partial charge in [0.15, 0.2) is 0 Å². The van der Waals surface area contributed by atoms with E-state index in [1.165, 1.54) is 0 Å². The van der Waals surface area contributed by atoms with Crippen LogP contribution >= 0.6 is 11.6 Å². The van der Waals surface area contributed by atoms with Gasteiger partial charge in [-0.2, -0.15) is 0 Å². The van der Waals surface area contributed by atoms with E-state index < -0.39 is 5.97 Å². The van der Waals surface area contributed by atoms with Gasteiger partial charge in [0.25, 0.3) is 0 Å². The average molecular weight is 339 g/mol. The number of rotatable bonds is 5. The van der Waals surface area contributed by atoms with Crippen LogP contribution in [0.25, 0.3) is 17.3 Å². The van der Waals surface area contributed by atoms with E-state index in [9.17, 15) is 4.79 Å². The zero-order valence-corrected chi connectivity index (χ0v) is 13.5. The highest BCUT2D eigenvalue weighted by molar-refractivity contribution is 6.31. The summed E-state index contributed by atoms with van der Waals surface area (Å²) in [5.74, 6) is -0.176. The summed E-state index contributed by atoms with van der Waals surface area (Å²) in [6, 6.07) is 17.4. The van der Waals surface area contributed by atoms with Crippen LogP contribution in [0, 0.1) is 0 Å². The summed E-state index contributed by atoms with van der Waals surface area (Å²) in [7, 11) is 0. The molecule has 0 fully saturated rings. The lowest BCUT2D eigenvalue weighted by Gasteiger charge is -1.99. The Morgan fingerprint density at radius 2 is 1.83 bits per heavy atom. The Hall–Kier alpha value is -2.85. The quantitative estimate of drug-likeness (QED) is 0.677. The third kappa shape index (κ3) is 3.91. The molecular formula is C19H15ClN2O2. The monoisotopic (exact) mass is 338 g/mol. The lowest BCUT2D eigenvalue weighted by Crippen LogP contribution is -1.91. The Bertz CT molecular complexity index is 868. The first-order valence-electron chi connectivity index (χ1n) is 7.41. The van der Waals surface area contributed by atoms with Gasteiger partial charge in [0.1, 0.15) is 16.7 Å². The molecule has 4 nitrogen and oxygen atoms in total. The number of aromatic amines is 1. The maximum atomic E-state index is 10.5. The largest absolute Gasteiger partial charge is 0.478 e. The number of benzene rings is 2. The minimum atomic E-state index is -0.960. The van der Waals surface area contributed by atoms with Gasteiger partial charge in [-0.15, -0.1) is 0 Å². The molecule has 0 saturated heterocycles. The van der Waals surface area contributed by atoms with E-state index in [-0.39, 0.29) is 0 Å². The highest BCUT2D eigenvalue weighted by atomic mass is 35.5. The fourth-order valence-corrected chi connectivity index (χ4v) is 2.64. The highest BCUT2D eigenvalue weighted by Crippen LogP contribution is 2.26. The van der Waals surface area contributed by atoms with Gasteiger partial charge >= 0.3 is 5.97 Å². The number of carbonyl (C=O) groups is 1. The molecule has 1 aromatic heterocycles. The molecule has 0 amide bonds. The van der Waals surface area contributed by atoms with Crippen LogP contribution in [0.4, 0.5) is 0 Å². The van der Waals surface area contributed by atoms with E-state index in [0.29, 0.717) is 11.6 Å². The molecule has 5 heteroatoms. The molecule has 2 aromatic carbocycles. The van der Waals surface area contributed by atoms with Crippen LogP contribution < -0.4 is 0 Å². The lowest BCUT2D eigenvalue weighted by molar-refractivity contribution is -0.131. The van der Waals surface area contributed by atoms with Gasteiger partial charge in [-0.3, -0.25) is 0 Å². The number of hydrogen-bond acceptors (Lipinski definition) is 2. The lowest BCUT2D eigenvalue weighted by atomic mass is 10.1. The van der Waals surface area contributed by atoms with Gasteiger partial charge in [-0.05, 0) is 17.2 Å². The van der Waals surface area contributed by atoms with Gasteiger partial charge in [0.05, 0.1) is 0 Å². The smallest absolute Gasteiger partial charge is 0.328 e. The maximum absolute atomic E-state index is 10.5. The fraction of sp³-hybridized carbons (Fsp3) is 0.0526. The molecule has 0 atom stereocenters. The van der Waals surface area contributed by atoms with Crippen molar-refractivity contribution in [2.45, 2.75) is 6.42 Å². The Labute approximate surface area is 144 Å². The minimum Gasteiger partial charge on any atom is -0.478 e. The number of carboxylic acid groups (broad SMARTS) is 1. The van der Waals surface area contributed by atoms with Crippen molar-refractivity contribution in [2.24, 2.45) is 0 Å². The van der Waals surface area contributed by atoms with E-state index in [0.717, 1.165) is 34.3 Å². The summed E-state index contributed by atoms with van der Waals surface area (Å²) >= 11 is 6.26. The minimum absolute atomic E-state index is 0.525. The predicted molar refractivity (Wildman–Crippen MR) is 95.0 cm³/mol. The second-order valence-corrected chi connectivity index (χ2v) is 5.68. The third-order valence-electron chi connectivity index (χ3n) is 3.53. The second kappa shape index (κ2) is 7.15. The fourth-order valence-electron chi connectivity index (χ4n) is 2.38. The number of aliphatic carboxylic acids is 1. The maximum Gasteiger partial charge on any atom is 0.328 e. The topological polar surface area (TPSA) is 66.0 Å². The summed E-state index contributed by atoms with van der Waals surface area (Å²) < 4.78 is 0. The van der Waals surface area contributed by atoms with E-state index in [4.69, 9.17) is 16.7 Å². The molecular weight excluding hydrogens is 324 g/mol. The van der Waals surface area contributed by atoms with Crippen LogP contribution in [0.1, 0.15) is 17.0 Å². The zero-order chi connectivity index (χ0) is 16.9. The Morgan fingerprint density at radius 1 is 1.12 bits per heavy atom. The molecule has 0 radical (unpaired) electrons. The molecule has 1 heterocycles. The SMILES string of the molecule is O=C(O)C=Cc1ccc(Cc2nc(-c3ccccc3)c(Cl)[nH]2)cc1. The van der Waals surface area contributed by atoms with Gasteiger partial charge < -0.3 is 10.1 Å². The van der Waals surface area contributed by atoms with Crippen molar-refractivity contribution in [1.82, 2.24) is 9.97 Å². The Kier molecular flexibility index (Phi) is 4.77. The normalized spacial score (nSPS) is 11.0. The summed E-state index contributed by atoms with van der Waals surface area (Å²) in [6.45, 7) is 0. The predicted octanol–water partition coefficient (Wildman–Crippen LogP) is 4.42. The summed E-state index contributed by atoms with van der Waals surface area (Å²) in [5.41, 5.74) is 3.61. The molecule has 0 aliphatic carbocycles. The van der Waals surface area contributed by atoms with Gasteiger partial charge in [0.2, 0.25) is 0 Å². The first-order chi connectivity index (χ1) is 11.6. The number of H-pyrrole nitrogens is 1. The molecule has 3 aromatic rings. The van der Waals surface area contributed by atoms with E-state index >= 15 is 0 Å². The number of imidazole rings is 1. The van der Waals surface area contributed by atoms with E-state index in [2.05, 4.69) is 9.97 Å². The number of halogens is 1. The molecule has 0 aliphatic rings. The molecule has 120 valence electrons. The third-order valence-corrected chi connectivity index (χ3v) is 3.80. The molecule has 24 heavy (non-hydrogen) atoms. The van der Waals surface area contributed by atoms with Crippen molar-refractivity contribution in [3.05, 3.63) is 82.8 Å². The Balaban J connectivity index is 1.76. The molecule has 3 rings (SSSR count). The van der Waals surface area contributed by atoms with Crippen molar-refractivity contribution in [3.63, 3.8) is 0 Å². The number of hydrogen-bond donors (Lipinski definition) is 2. The number of nitrogens with zero attached hydrogens (tertiary/aromatic N) is 1. The number of aromatic nitrogens is 2. The standard InChI is InChI=1S/C19H15ClN2O2/c20-19-18(15-4-2-1-3-5-15)21-16(22-19)12-14-8-6-13(7-9-14)10-11-17(23)24/h1-11H,12H2,(H,21,22)(H,23,24). The summed E-state index contributed by atoms with van der Waals surface area (Å²) in [4.78, 5) is 18.2. The number of nitrogens with one attached hydrogen (secondary N) is 1. The van der Waals surface area contributed by atoms with Crippen LogP contribution in [0.15, 0.2) is 60.7 Å². The van der Waals surface area contributed by atoms with Crippen LogP contribution in [-0.4, -0.2) is 21.0 Å². The molecule has 0 saturated carbocycles. The summed E-state index contributed by atoms with van der Waals surface area (Å²) in [6.07, 6.45) is 3.30. The second-order valence-electron chi connectivity index (χ2n) is 5.30. The van der Waals surface area contributed by atoms with E-state index in [1.807, 2.05) is 54.6 Å². The molecule has 0 aliphatic heterocycles. The summed E-state index contributed by atoms with van der Waals surface area (Å²) in [5, 5.41) is 9.16. The van der Waals surface area contributed by atoms with Gasteiger partial charge in [-0.25, -0.2) is 9.78 Å². The molecule has 2 N–H and O–H groups in total. The van der Waals surface area contributed by atoms with Gasteiger partial charge in [0, 0.05) is 18.1 Å². The van der Waals surface area contributed by atoms with Crippen LogP contribution in [0.5, 0.6) is 0 Å². The van der Waals surface area contributed by atoms with Crippen molar-refractivity contribution in [1.29, 1.82) is 0 Å². The first-order valence-corrected chi connectivity index (χ1v) is 7.79. The number of carboxylic acids is 1. The van der Waals surface area contributed by atoms with Crippen molar-refractivity contribution in [2.75, 3.05) is 0 Å². The van der Waals surface area contributed by atoms with E-state index in [1.54, 1.807) is 6.08 Å². The molecule has 0 bridgehead atoms. The average Bonchev–Trinajstić information content (AvgIpc) is 2.95. The van der Waals surface area contributed by atoms with Crippen molar-refractivity contribution in [3.8, 4) is 11.3 Å². The highest BCUT2D eigenvalue weighted by Gasteiger charge is 2.10. The zero-order valence-electron chi connectivity index (χ0n) is 12.7. The van der Waals surface area contributed by atoms with Crippen molar-refractivity contribution >= 4 is 23.6 Å². The van der Waals surface area contributed by atoms with Crippen LogP contribution in [0.2, 0.25) is 5.15 Å².